The second-order valence-electron chi connectivity index (χ2n) is 2.54. The maximum absolute atomic E-state index is 10.7. The Morgan fingerprint density at radius 3 is 2.21 bits per heavy atom. The molecule has 0 radical (unpaired) electrons. The zero-order chi connectivity index (χ0) is 9.35. The molecular formula is C6H10O8. The third kappa shape index (κ3) is 2.76. The number of esters is 2. The summed E-state index contributed by atoms with van der Waals surface area (Å²) in [6, 6.07) is 0. The fourth-order valence-electron chi connectivity index (χ4n) is 0.930. The van der Waals surface area contributed by atoms with Gasteiger partial charge in [-0.05, 0) is 0 Å². The average Bonchev–Trinajstić information content (AvgIpc) is 2.04. The van der Waals surface area contributed by atoms with Crippen molar-refractivity contribution in [1.29, 1.82) is 0 Å². The lowest BCUT2D eigenvalue weighted by molar-refractivity contribution is -0.162. The van der Waals surface area contributed by atoms with Crippen LogP contribution >= 0.6 is 0 Å². The summed E-state index contributed by atoms with van der Waals surface area (Å²) < 4.78 is 3.99. The van der Waals surface area contributed by atoms with Crippen molar-refractivity contribution in [3.63, 3.8) is 0 Å². The van der Waals surface area contributed by atoms with E-state index >= 15 is 0 Å². The molecule has 1 unspecified atom stereocenters. The van der Waals surface area contributed by atoms with Gasteiger partial charge >= 0.3 is 17.9 Å². The number of carboxylic acids is 1. The van der Waals surface area contributed by atoms with Gasteiger partial charge < -0.3 is 25.9 Å². The Morgan fingerprint density at radius 2 is 1.93 bits per heavy atom. The average molecular weight is 210 g/mol. The number of carboxylic acid groups (broad SMARTS) is 1. The third-order valence-electron chi connectivity index (χ3n) is 1.47. The predicted octanol–water partition coefficient (Wildman–Crippen LogP) is -2.98. The zero-order valence-corrected chi connectivity index (χ0v) is 6.94. The van der Waals surface area contributed by atoms with Gasteiger partial charge in [-0.3, -0.25) is 9.59 Å². The number of hydrogen-bond donors (Lipinski definition) is 2. The fraction of sp³-hybridized carbons (Fsp3) is 0.500. The number of aliphatic hydroxyl groups is 1. The van der Waals surface area contributed by atoms with Crippen LogP contribution in [0, 0.1) is 0 Å². The summed E-state index contributed by atoms with van der Waals surface area (Å²) in [5, 5.41) is 17.5. The van der Waals surface area contributed by atoms with Crippen LogP contribution in [0.5, 0.6) is 0 Å². The highest BCUT2D eigenvalue weighted by molar-refractivity contribution is 6.01. The van der Waals surface area contributed by atoms with Crippen molar-refractivity contribution in [1.82, 2.24) is 0 Å². The van der Waals surface area contributed by atoms with Crippen molar-refractivity contribution >= 4 is 17.9 Å². The van der Waals surface area contributed by atoms with Gasteiger partial charge in [0.05, 0.1) is 12.8 Å². The molecule has 8 heteroatoms. The lowest BCUT2D eigenvalue weighted by Gasteiger charge is -2.12. The van der Waals surface area contributed by atoms with Crippen LogP contribution < -0.4 is 0 Å². The molecule has 6 N–H and O–H groups in total. The van der Waals surface area contributed by atoms with E-state index in [0.717, 1.165) is 0 Å². The molecule has 0 amide bonds. The summed E-state index contributed by atoms with van der Waals surface area (Å²) in [6.45, 7) is 0. The number of carbonyl (C=O) groups is 3. The Balaban J connectivity index is 0. The van der Waals surface area contributed by atoms with Crippen LogP contribution in [0.4, 0.5) is 0 Å². The molecule has 0 aliphatic carbocycles. The smallest absolute Gasteiger partial charge is 0.346 e. The van der Waals surface area contributed by atoms with Gasteiger partial charge in [-0.2, -0.15) is 0 Å². The van der Waals surface area contributed by atoms with E-state index in [4.69, 9.17) is 5.11 Å². The maximum atomic E-state index is 10.7. The van der Waals surface area contributed by atoms with Gasteiger partial charge in [-0.25, -0.2) is 4.79 Å². The topological polar surface area (TPSA) is 164 Å². The van der Waals surface area contributed by atoms with Crippen LogP contribution in [0.2, 0.25) is 0 Å². The number of carbonyl (C=O) groups excluding carboxylic acids is 2. The molecule has 0 saturated carbocycles. The molecule has 8 nitrogen and oxygen atoms in total. The van der Waals surface area contributed by atoms with Gasteiger partial charge in [0.15, 0.2) is 5.60 Å². The standard InChI is InChI=1S/C6H6O6.2H2O/c7-3(8)1-6(11)2-4(9)12-5(6)10;;/h11H,1-2H2,(H,7,8);2*1H2. The van der Waals surface area contributed by atoms with E-state index in [0.29, 0.717) is 0 Å². The van der Waals surface area contributed by atoms with Crippen LogP contribution in [0.25, 0.3) is 0 Å². The summed E-state index contributed by atoms with van der Waals surface area (Å²) in [7, 11) is 0. The molecule has 1 aliphatic rings. The number of cyclic esters (lactones) is 2. The highest BCUT2D eigenvalue weighted by Crippen LogP contribution is 2.24. The Morgan fingerprint density at radius 1 is 1.43 bits per heavy atom. The normalized spacial score (nSPS) is 24.6. The SMILES string of the molecule is O.O.O=C(O)CC1(O)CC(=O)OC1=O. The Hall–Kier alpha value is -1.51. The number of rotatable bonds is 2. The minimum atomic E-state index is -2.16. The quantitative estimate of drug-likeness (QED) is 0.364. The number of hydrogen-bond acceptors (Lipinski definition) is 5. The second-order valence-corrected chi connectivity index (χ2v) is 2.54. The monoisotopic (exact) mass is 210 g/mol. The largest absolute Gasteiger partial charge is 0.481 e. The molecule has 0 aromatic rings. The van der Waals surface area contributed by atoms with Gasteiger partial charge in [-0.15, -0.1) is 0 Å². The molecule has 1 rings (SSSR count). The predicted molar refractivity (Wildman–Crippen MR) is 40.1 cm³/mol. The van der Waals surface area contributed by atoms with E-state index in [1.807, 2.05) is 0 Å². The summed E-state index contributed by atoms with van der Waals surface area (Å²) in [4.78, 5) is 31.3. The van der Waals surface area contributed by atoms with Crippen molar-refractivity contribution < 1.29 is 40.3 Å². The molecule has 0 aromatic heterocycles. The van der Waals surface area contributed by atoms with Gasteiger partial charge in [0, 0.05) is 0 Å². The fourth-order valence-corrected chi connectivity index (χ4v) is 0.930. The van der Waals surface area contributed by atoms with Gasteiger partial charge in [-0.1, -0.05) is 0 Å². The van der Waals surface area contributed by atoms with E-state index < -0.39 is 36.4 Å². The number of aliphatic carboxylic acids is 1. The lowest BCUT2D eigenvalue weighted by atomic mass is 9.98. The van der Waals surface area contributed by atoms with E-state index in [9.17, 15) is 19.5 Å². The first-order chi connectivity index (χ1) is 5.44. The van der Waals surface area contributed by atoms with Crippen LogP contribution in [0.3, 0.4) is 0 Å². The van der Waals surface area contributed by atoms with E-state index in [1.54, 1.807) is 0 Å². The van der Waals surface area contributed by atoms with Crippen molar-refractivity contribution in [3.8, 4) is 0 Å². The van der Waals surface area contributed by atoms with E-state index in [2.05, 4.69) is 4.74 Å². The molecule has 1 heterocycles. The molecule has 1 fully saturated rings. The zero-order valence-electron chi connectivity index (χ0n) is 6.94. The summed E-state index contributed by atoms with van der Waals surface area (Å²) in [5.41, 5.74) is -2.16. The third-order valence-corrected chi connectivity index (χ3v) is 1.47. The summed E-state index contributed by atoms with van der Waals surface area (Å²) >= 11 is 0. The molecule has 1 atom stereocenters. The van der Waals surface area contributed by atoms with Gasteiger partial charge in [0.1, 0.15) is 0 Å². The van der Waals surface area contributed by atoms with Crippen LogP contribution in [0.15, 0.2) is 0 Å². The second kappa shape index (κ2) is 4.65. The Bertz CT molecular complexity index is 259. The first kappa shape index (κ1) is 15.0. The van der Waals surface area contributed by atoms with Crippen molar-refractivity contribution in [2.24, 2.45) is 0 Å². The minimum Gasteiger partial charge on any atom is -0.481 e. The highest BCUT2D eigenvalue weighted by Gasteiger charge is 2.49. The van der Waals surface area contributed by atoms with Crippen molar-refractivity contribution in [3.05, 3.63) is 0 Å². The molecule has 82 valence electrons. The molecule has 0 bridgehead atoms. The summed E-state index contributed by atoms with van der Waals surface area (Å²) in [5.74, 6) is -3.44. The van der Waals surface area contributed by atoms with Crippen LogP contribution in [-0.4, -0.2) is 44.7 Å². The molecule has 0 aromatic carbocycles. The molecule has 0 spiro atoms. The van der Waals surface area contributed by atoms with Crippen molar-refractivity contribution in [2.45, 2.75) is 18.4 Å². The van der Waals surface area contributed by atoms with Gasteiger partial charge in [0.25, 0.3) is 0 Å². The molecule has 1 saturated heterocycles. The van der Waals surface area contributed by atoms with Crippen LogP contribution in [0.1, 0.15) is 12.8 Å². The first-order valence-corrected chi connectivity index (χ1v) is 3.13. The Kier molecular flexibility index (Phi) is 4.98. The lowest BCUT2D eigenvalue weighted by Crippen LogP contribution is -2.36. The molecule has 14 heavy (non-hydrogen) atoms. The van der Waals surface area contributed by atoms with E-state index in [-0.39, 0.29) is 11.0 Å². The molecule has 1 aliphatic heterocycles. The maximum Gasteiger partial charge on any atom is 0.346 e. The number of ether oxygens (including phenoxy) is 1. The minimum absolute atomic E-state index is 0. The van der Waals surface area contributed by atoms with E-state index in [1.165, 1.54) is 0 Å². The highest BCUT2D eigenvalue weighted by atomic mass is 16.6. The van der Waals surface area contributed by atoms with Crippen molar-refractivity contribution in [2.75, 3.05) is 0 Å². The Labute approximate surface area is 77.7 Å². The van der Waals surface area contributed by atoms with Crippen LogP contribution in [-0.2, 0) is 19.1 Å². The molecular weight excluding hydrogens is 200 g/mol. The summed E-state index contributed by atoms with van der Waals surface area (Å²) in [6.07, 6.45) is -1.39. The van der Waals surface area contributed by atoms with Gasteiger partial charge in [0.2, 0.25) is 0 Å². The first-order valence-electron chi connectivity index (χ1n) is 3.13.